The van der Waals surface area contributed by atoms with Gasteiger partial charge in [0.25, 0.3) is 0 Å². The summed E-state index contributed by atoms with van der Waals surface area (Å²) in [6, 6.07) is 6.31. The highest BCUT2D eigenvalue weighted by Gasteiger charge is 2.29. The molecule has 2 N–H and O–H groups in total. The lowest BCUT2D eigenvalue weighted by atomic mass is 9.86. The van der Waals surface area contributed by atoms with Gasteiger partial charge in [0.2, 0.25) is 0 Å². The molecule has 1 heterocycles. The van der Waals surface area contributed by atoms with Crippen molar-refractivity contribution in [3.63, 3.8) is 0 Å². The fourth-order valence-electron chi connectivity index (χ4n) is 3.20. The zero-order valence-electron chi connectivity index (χ0n) is 13.6. The number of ether oxygens (including phenoxy) is 2. The first-order valence-electron chi connectivity index (χ1n) is 7.76. The molecule has 0 amide bonds. The number of hydrogen-bond acceptors (Lipinski definition) is 4. The van der Waals surface area contributed by atoms with Crippen LogP contribution in [0.3, 0.4) is 0 Å². The summed E-state index contributed by atoms with van der Waals surface area (Å²) in [5.41, 5.74) is 7.11. The molecule has 1 aromatic carbocycles. The topological polar surface area (TPSA) is 47.7 Å². The number of nitrogens with two attached hydrogens (primary N) is 1. The van der Waals surface area contributed by atoms with Gasteiger partial charge in [0.05, 0.1) is 14.2 Å². The Bertz CT molecular complexity index is 464. The Morgan fingerprint density at radius 2 is 2.10 bits per heavy atom. The average Bonchev–Trinajstić information content (AvgIpc) is 2.54. The SMILES string of the molecule is COc1ccc(OC)c(C(C)N2CCC(C)C(CN)C2)c1. The summed E-state index contributed by atoms with van der Waals surface area (Å²) < 4.78 is 10.9. The van der Waals surface area contributed by atoms with Crippen molar-refractivity contribution in [2.24, 2.45) is 17.6 Å². The molecule has 3 unspecified atom stereocenters. The smallest absolute Gasteiger partial charge is 0.123 e. The van der Waals surface area contributed by atoms with Crippen molar-refractivity contribution >= 4 is 0 Å². The maximum Gasteiger partial charge on any atom is 0.123 e. The minimum atomic E-state index is 0.302. The first-order chi connectivity index (χ1) is 10.1. The van der Waals surface area contributed by atoms with Crippen LogP contribution in [0.15, 0.2) is 18.2 Å². The average molecular weight is 292 g/mol. The van der Waals surface area contributed by atoms with Crippen LogP contribution < -0.4 is 15.2 Å². The van der Waals surface area contributed by atoms with Gasteiger partial charge in [-0.05, 0) is 56.5 Å². The lowest BCUT2D eigenvalue weighted by Crippen LogP contribution is -2.43. The van der Waals surface area contributed by atoms with Crippen LogP contribution in [-0.4, -0.2) is 38.8 Å². The summed E-state index contributed by atoms with van der Waals surface area (Å²) in [4.78, 5) is 2.51. The summed E-state index contributed by atoms with van der Waals surface area (Å²) >= 11 is 0. The summed E-state index contributed by atoms with van der Waals surface area (Å²) in [5, 5.41) is 0. The van der Waals surface area contributed by atoms with E-state index in [1.165, 1.54) is 12.0 Å². The van der Waals surface area contributed by atoms with Crippen LogP contribution in [0.1, 0.15) is 31.9 Å². The molecule has 21 heavy (non-hydrogen) atoms. The highest BCUT2D eigenvalue weighted by atomic mass is 16.5. The second-order valence-corrected chi connectivity index (χ2v) is 6.04. The van der Waals surface area contributed by atoms with E-state index in [4.69, 9.17) is 15.2 Å². The molecule has 2 rings (SSSR count). The molecule has 0 aromatic heterocycles. The van der Waals surface area contributed by atoms with E-state index >= 15 is 0 Å². The second kappa shape index (κ2) is 7.14. The van der Waals surface area contributed by atoms with E-state index in [1.54, 1.807) is 14.2 Å². The molecule has 0 spiro atoms. The van der Waals surface area contributed by atoms with Gasteiger partial charge in [0.15, 0.2) is 0 Å². The number of piperidine rings is 1. The van der Waals surface area contributed by atoms with Crippen molar-refractivity contribution < 1.29 is 9.47 Å². The third-order valence-corrected chi connectivity index (χ3v) is 4.88. The van der Waals surface area contributed by atoms with Crippen LogP contribution in [0.4, 0.5) is 0 Å². The van der Waals surface area contributed by atoms with Gasteiger partial charge in [-0.25, -0.2) is 0 Å². The Labute approximate surface area is 128 Å². The molecule has 3 atom stereocenters. The van der Waals surface area contributed by atoms with Crippen molar-refractivity contribution in [3.8, 4) is 11.5 Å². The zero-order chi connectivity index (χ0) is 15.4. The Balaban J connectivity index is 2.20. The third-order valence-electron chi connectivity index (χ3n) is 4.88. The van der Waals surface area contributed by atoms with Crippen molar-refractivity contribution in [2.75, 3.05) is 33.9 Å². The van der Waals surface area contributed by atoms with Gasteiger partial charge < -0.3 is 15.2 Å². The van der Waals surface area contributed by atoms with Crippen LogP contribution in [0.25, 0.3) is 0 Å². The Morgan fingerprint density at radius 1 is 1.33 bits per heavy atom. The molecular formula is C17H28N2O2. The molecule has 118 valence electrons. The van der Waals surface area contributed by atoms with E-state index in [9.17, 15) is 0 Å². The zero-order valence-corrected chi connectivity index (χ0v) is 13.6. The molecule has 4 nitrogen and oxygen atoms in total. The maximum atomic E-state index is 5.93. The van der Waals surface area contributed by atoms with Crippen LogP contribution in [0.2, 0.25) is 0 Å². The summed E-state index contributed by atoms with van der Waals surface area (Å²) in [7, 11) is 3.42. The maximum absolute atomic E-state index is 5.93. The second-order valence-electron chi connectivity index (χ2n) is 6.04. The van der Waals surface area contributed by atoms with Gasteiger partial charge >= 0.3 is 0 Å². The molecule has 4 heteroatoms. The number of hydrogen-bond donors (Lipinski definition) is 1. The quantitative estimate of drug-likeness (QED) is 0.906. The van der Waals surface area contributed by atoms with E-state index in [0.29, 0.717) is 17.9 Å². The lowest BCUT2D eigenvalue weighted by Gasteiger charge is -2.40. The predicted octanol–water partition coefficient (Wildman–Crippen LogP) is 2.68. The van der Waals surface area contributed by atoms with Crippen LogP contribution >= 0.6 is 0 Å². The van der Waals surface area contributed by atoms with Crippen LogP contribution in [-0.2, 0) is 0 Å². The van der Waals surface area contributed by atoms with E-state index in [-0.39, 0.29) is 0 Å². The fourth-order valence-corrected chi connectivity index (χ4v) is 3.20. The van der Waals surface area contributed by atoms with Gasteiger partial charge in [0, 0.05) is 18.2 Å². The van der Waals surface area contributed by atoms with E-state index in [2.05, 4.69) is 24.8 Å². The van der Waals surface area contributed by atoms with E-state index < -0.39 is 0 Å². The van der Waals surface area contributed by atoms with Crippen molar-refractivity contribution in [1.82, 2.24) is 4.90 Å². The minimum absolute atomic E-state index is 0.302. The number of benzene rings is 1. The number of methoxy groups -OCH3 is 2. The van der Waals surface area contributed by atoms with E-state index in [1.807, 2.05) is 12.1 Å². The molecule has 1 aromatic rings. The Hall–Kier alpha value is -1.26. The molecule has 1 saturated heterocycles. The summed E-state index contributed by atoms with van der Waals surface area (Å²) in [6.45, 7) is 7.48. The predicted molar refractivity (Wildman–Crippen MR) is 85.9 cm³/mol. The number of rotatable bonds is 5. The van der Waals surface area contributed by atoms with Crippen LogP contribution in [0.5, 0.6) is 11.5 Å². The fraction of sp³-hybridized carbons (Fsp3) is 0.647. The van der Waals surface area contributed by atoms with Gasteiger partial charge in [-0.2, -0.15) is 0 Å². The largest absolute Gasteiger partial charge is 0.497 e. The van der Waals surface area contributed by atoms with Crippen LogP contribution in [0, 0.1) is 11.8 Å². The number of nitrogens with zero attached hydrogens (tertiary/aromatic N) is 1. The minimum Gasteiger partial charge on any atom is -0.497 e. The first kappa shape index (κ1) is 16.1. The standard InChI is InChI=1S/C17H28N2O2/c1-12-7-8-19(11-14(12)10-18)13(2)16-9-15(20-3)5-6-17(16)21-4/h5-6,9,12-14H,7-8,10-11,18H2,1-4H3. The molecule has 0 saturated carbocycles. The summed E-state index contributed by atoms with van der Waals surface area (Å²) in [5.74, 6) is 3.09. The van der Waals surface area contributed by atoms with Gasteiger partial charge in [0.1, 0.15) is 11.5 Å². The lowest BCUT2D eigenvalue weighted by molar-refractivity contribution is 0.0966. The Morgan fingerprint density at radius 3 is 2.71 bits per heavy atom. The van der Waals surface area contributed by atoms with Gasteiger partial charge in [-0.1, -0.05) is 6.92 Å². The van der Waals surface area contributed by atoms with E-state index in [0.717, 1.165) is 31.1 Å². The molecular weight excluding hydrogens is 264 g/mol. The van der Waals surface area contributed by atoms with Gasteiger partial charge in [-0.3, -0.25) is 4.90 Å². The molecule has 1 aliphatic rings. The molecule has 0 radical (unpaired) electrons. The summed E-state index contributed by atoms with van der Waals surface area (Å²) in [6.07, 6.45) is 1.21. The molecule has 1 aliphatic heterocycles. The van der Waals surface area contributed by atoms with Crippen molar-refractivity contribution in [1.29, 1.82) is 0 Å². The van der Waals surface area contributed by atoms with Crippen molar-refractivity contribution in [2.45, 2.75) is 26.3 Å². The normalized spacial score (nSPS) is 24.6. The third kappa shape index (κ3) is 3.50. The molecule has 0 bridgehead atoms. The highest BCUT2D eigenvalue weighted by molar-refractivity contribution is 5.42. The first-order valence-corrected chi connectivity index (χ1v) is 7.76. The van der Waals surface area contributed by atoms with Gasteiger partial charge in [-0.15, -0.1) is 0 Å². The highest BCUT2D eigenvalue weighted by Crippen LogP contribution is 2.35. The Kier molecular flexibility index (Phi) is 5.48. The molecule has 1 fully saturated rings. The molecule has 0 aliphatic carbocycles. The monoisotopic (exact) mass is 292 g/mol. The number of likely N-dealkylation sites (tertiary alicyclic amines) is 1. The van der Waals surface area contributed by atoms with Crippen molar-refractivity contribution in [3.05, 3.63) is 23.8 Å².